The van der Waals surface area contributed by atoms with E-state index in [0.717, 1.165) is 11.1 Å². The zero-order valence-corrected chi connectivity index (χ0v) is 14.9. The van der Waals surface area contributed by atoms with Crippen LogP contribution in [0.3, 0.4) is 0 Å². The van der Waals surface area contributed by atoms with Crippen molar-refractivity contribution in [3.05, 3.63) is 83.3 Å². The number of rotatable bonds is 6. The van der Waals surface area contributed by atoms with Gasteiger partial charge in [-0.3, -0.25) is 4.79 Å². The summed E-state index contributed by atoms with van der Waals surface area (Å²) in [6, 6.07) is 15.1. The molecular weight excluding hydrogens is 361 g/mol. The molecule has 142 valence electrons. The Morgan fingerprint density at radius 3 is 2.61 bits per heavy atom. The molecular formula is C21H18FN3O3. The van der Waals surface area contributed by atoms with E-state index in [1.807, 2.05) is 18.2 Å². The monoisotopic (exact) mass is 379 g/mol. The Morgan fingerprint density at radius 1 is 0.964 bits per heavy atom. The Hall–Kier alpha value is -3.61. The fraction of sp³-hybridized carbons (Fsp3) is 0.143. The van der Waals surface area contributed by atoms with E-state index in [1.165, 1.54) is 12.1 Å². The molecule has 1 aliphatic heterocycles. The van der Waals surface area contributed by atoms with Gasteiger partial charge < -0.3 is 20.1 Å². The van der Waals surface area contributed by atoms with E-state index in [4.69, 9.17) is 9.47 Å². The summed E-state index contributed by atoms with van der Waals surface area (Å²) in [5.74, 6) is 1.48. The fourth-order valence-corrected chi connectivity index (χ4v) is 2.80. The van der Waals surface area contributed by atoms with Gasteiger partial charge in [0.15, 0.2) is 11.5 Å². The molecule has 1 aliphatic rings. The zero-order chi connectivity index (χ0) is 19.3. The average Bonchev–Trinajstić information content (AvgIpc) is 3.20. The van der Waals surface area contributed by atoms with Crippen LogP contribution in [0.2, 0.25) is 0 Å². The van der Waals surface area contributed by atoms with E-state index in [1.54, 1.807) is 30.5 Å². The summed E-state index contributed by atoms with van der Waals surface area (Å²) in [4.78, 5) is 16.7. The number of fused-ring (bicyclic) bond motifs is 1. The van der Waals surface area contributed by atoms with Crippen LogP contribution in [0.15, 0.2) is 60.8 Å². The van der Waals surface area contributed by atoms with Crippen LogP contribution in [0, 0.1) is 5.82 Å². The number of ether oxygens (including phenoxy) is 2. The molecule has 0 bridgehead atoms. The first kappa shape index (κ1) is 17.8. The number of pyridine rings is 1. The molecule has 1 amide bonds. The van der Waals surface area contributed by atoms with E-state index in [2.05, 4.69) is 15.6 Å². The second-order valence-electron chi connectivity index (χ2n) is 6.28. The van der Waals surface area contributed by atoms with Crippen LogP contribution in [0.4, 0.5) is 10.2 Å². The normalized spacial score (nSPS) is 11.9. The van der Waals surface area contributed by atoms with Crippen molar-refractivity contribution in [3.63, 3.8) is 0 Å². The van der Waals surface area contributed by atoms with E-state index in [9.17, 15) is 9.18 Å². The van der Waals surface area contributed by atoms with Gasteiger partial charge in [0.05, 0.1) is 0 Å². The lowest BCUT2D eigenvalue weighted by atomic mass is 10.2. The second-order valence-corrected chi connectivity index (χ2v) is 6.28. The van der Waals surface area contributed by atoms with Gasteiger partial charge in [-0.25, -0.2) is 9.37 Å². The molecule has 0 aliphatic carbocycles. The van der Waals surface area contributed by atoms with Crippen molar-refractivity contribution >= 4 is 11.7 Å². The number of halogens is 1. The minimum absolute atomic E-state index is 0.204. The molecule has 7 heteroatoms. The molecule has 0 spiro atoms. The molecule has 28 heavy (non-hydrogen) atoms. The van der Waals surface area contributed by atoms with Crippen molar-refractivity contribution in [3.8, 4) is 11.5 Å². The van der Waals surface area contributed by atoms with Crippen molar-refractivity contribution < 1.29 is 18.7 Å². The lowest BCUT2D eigenvalue weighted by Crippen LogP contribution is -2.23. The average molecular weight is 379 g/mol. The molecule has 0 saturated heterocycles. The highest BCUT2D eigenvalue weighted by atomic mass is 19.1. The Kier molecular flexibility index (Phi) is 5.05. The summed E-state index contributed by atoms with van der Waals surface area (Å²) in [5.41, 5.74) is 2.33. The quantitative estimate of drug-likeness (QED) is 0.686. The lowest BCUT2D eigenvalue weighted by molar-refractivity contribution is 0.0950. The molecule has 3 aromatic rings. The number of nitrogens with zero attached hydrogens (tertiary/aromatic N) is 1. The maximum atomic E-state index is 13.0. The summed E-state index contributed by atoms with van der Waals surface area (Å²) in [6.45, 7) is 1.07. The highest BCUT2D eigenvalue weighted by Crippen LogP contribution is 2.32. The summed E-state index contributed by atoms with van der Waals surface area (Å²) in [5, 5.41) is 6.01. The molecule has 6 nitrogen and oxygen atoms in total. The lowest BCUT2D eigenvalue weighted by Gasteiger charge is -2.09. The number of nitrogens with one attached hydrogen (secondary N) is 2. The largest absolute Gasteiger partial charge is 0.454 e. The van der Waals surface area contributed by atoms with Crippen molar-refractivity contribution in [1.82, 2.24) is 10.3 Å². The van der Waals surface area contributed by atoms with Crippen LogP contribution in [0.5, 0.6) is 11.5 Å². The predicted molar refractivity (Wildman–Crippen MR) is 102 cm³/mol. The van der Waals surface area contributed by atoms with E-state index in [-0.39, 0.29) is 18.5 Å². The Balaban J connectivity index is 1.35. The molecule has 0 radical (unpaired) electrons. The minimum Gasteiger partial charge on any atom is -0.454 e. The topological polar surface area (TPSA) is 72.5 Å². The number of hydrogen-bond donors (Lipinski definition) is 2. The van der Waals surface area contributed by atoms with Crippen molar-refractivity contribution in [1.29, 1.82) is 0 Å². The highest BCUT2D eigenvalue weighted by molar-refractivity contribution is 5.94. The predicted octanol–water partition coefficient (Wildman–Crippen LogP) is 3.49. The van der Waals surface area contributed by atoms with Crippen LogP contribution >= 0.6 is 0 Å². The van der Waals surface area contributed by atoms with Crippen LogP contribution in [0.25, 0.3) is 0 Å². The summed E-state index contributed by atoms with van der Waals surface area (Å²) in [6.07, 6.45) is 1.57. The first-order chi connectivity index (χ1) is 13.7. The highest BCUT2D eigenvalue weighted by Gasteiger charge is 2.14. The number of anilines is 1. The van der Waals surface area contributed by atoms with Crippen molar-refractivity contribution in [2.75, 3.05) is 12.1 Å². The van der Waals surface area contributed by atoms with Crippen LogP contribution in [0.1, 0.15) is 21.5 Å². The molecule has 2 aromatic carbocycles. The standard InChI is InChI=1S/C21H18FN3O3/c22-17-4-1-14(2-5-17)11-24-20-10-16(7-8-23-20)21(26)25-12-15-3-6-18-19(9-15)28-13-27-18/h1-10H,11-13H2,(H,23,24)(H,25,26). The molecule has 4 rings (SSSR count). The number of carbonyl (C=O) groups is 1. The first-order valence-corrected chi connectivity index (χ1v) is 8.78. The van der Waals surface area contributed by atoms with Crippen LogP contribution in [-0.2, 0) is 13.1 Å². The molecule has 0 fully saturated rings. The third-order valence-corrected chi connectivity index (χ3v) is 4.30. The van der Waals surface area contributed by atoms with Gasteiger partial charge in [-0.1, -0.05) is 18.2 Å². The zero-order valence-electron chi connectivity index (χ0n) is 14.9. The van der Waals surface area contributed by atoms with E-state index < -0.39 is 0 Å². The number of benzene rings is 2. The summed E-state index contributed by atoms with van der Waals surface area (Å²) in [7, 11) is 0. The molecule has 0 saturated carbocycles. The smallest absolute Gasteiger partial charge is 0.251 e. The van der Waals surface area contributed by atoms with E-state index >= 15 is 0 Å². The van der Waals surface area contributed by atoms with Gasteiger partial charge in [-0.05, 0) is 47.5 Å². The van der Waals surface area contributed by atoms with Crippen molar-refractivity contribution in [2.24, 2.45) is 0 Å². The van der Waals surface area contributed by atoms with Gasteiger partial charge in [0, 0.05) is 24.8 Å². The van der Waals surface area contributed by atoms with E-state index in [0.29, 0.717) is 36.0 Å². The Labute approximate surface area is 161 Å². The van der Waals surface area contributed by atoms with Crippen LogP contribution in [-0.4, -0.2) is 17.7 Å². The van der Waals surface area contributed by atoms with Crippen LogP contribution < -0.4 is 20.1 Å². The number of aromatic nitrogens is 1. The number of amides is 1. The second kappa shape index (κ2) is 7.96. The van der Waals surface area contributed by atoms with Gasteiger partial charge in [-0.2, -0.15) is 0 Å². The SMILES string of the molecule is O=C(NCc1ccc2c(c1)OCO2)c1ccnc(NCc2ccc(F)cc2)c1. The van der Waals surface area contributed by atoms with Gasteiger partial charge in [0.2, 0.25) is 6.79 Å². The van der Waals surface area contributed by atoms with Crippen molar-refractivity contribution in [2.45, 2.75) is 13.1 Å². The van der Waals surface area contributed by atoms with Gasteiger partial charge >= 0.3 is 0 Å². The summed E-state index contributed by atoms with van der Waals surface area (Å²) < 4.78 is 23.6. The molecule has 0 atom stereocenters. The summed E-state index contributed by atoms with van der Waals surface area (Å²) >= 11 is 0. The fourth-order valence-electron chi connectivity index (χ4n) is 2.80. The Bertz CT molecular complexity index is 992. The minimum atomic E-state index is -0.275. The third kappa shape index (κ3) is 4.20. The maximum Gasteiger partial charge on any atom is 0.251 e. The molecule has 0 unspecified atom stereocenters. The molecule has 2 heterocycles. The molecule has 1 aromatic heterocycles. The third-order valence-electron chi connectivity index (χ3n) is 4.30. The van der Waals surface area contributed by atoms with Gasteiger partial charge in [0.1, 0.15) is 11.6 Å². The molecule has 2 N–H and O–H groups in total. The Morgan fingerprint density at radius 2 is 1.75 bits per heavy atom. The number of hydrogen-bond acceptors (Lipinski definition) is 5. The first-order valence-electron chi connectivity index (χ1n) is 8.78. The van der Waals surface area contributed by atoms with Gasteiger partial charge in [0.25, 0.3) is 5.91 Å². The number of carbonyl (C=O) groups excluding carboxylic acids is 1. The van der Waals surface area contributed by atoms with Gasteiger partial charge in [-0.15, -0.1) is 0 Å². The maximum absolute atomic E-state index is 13.0.